The summed E-state index contributed by atoms with van der Waals surface area (Å²) in [6.45, 7) is 6.14. The highest BCUT2D eigenvalue weighted by molar-refractivity contribution is 5.63. The third-order valence-electron chi connectivity index (χ3n) is 6.16. The van der Waals surface area contributed by atoms with Crippen molar-refractivity contribution in [2.24, 2.45) is 5.41 Å². The minimum Gasteiger partial charge on any atom is -0.495 e. The fourth-order valence-corrected chi connectivity index (χ4v) is 4.43. The number of ether oxygens (including phenoxy) is 1. The molecule has 1 saturated carbocycles. The van der Waals surface area contributed by atoms with Crippen LogP contribution in [0.15, 0.2) is 18.3 Å². The van der Waals surface area contributed by atoms with E-state index in [4.69, 9.17) is 10.5 Å². The standard InChI is InChI=1S/C18H19F2N5O.C5H10FN/c1-18(2)6-9(7-18)15-13(26-3)5-14-22-8-12(25(14)24-15)16-10(19)4-11(20)17(21)23-16;6-5-1-3-7-4-2-5/h4-5,8-9H,6-7H2,1-3H3,(H2,21,23);5,7H,1-4H2. The molecule has 7 nitrogen and oxygen atoms in total. The number of rotatable bonds is 3. The lowest BCUT2D eigenvalue weighted by Gasteiger charge is -2.42. The summed E-state index contributed by atoms with van der Waals surface area (Å²) in [4.78, 5) is 8.08. The zero-order valence-corrected chi connectivity index (χ0v) is 19.0. The van der Waals surface area contributed by atoms with E-state index in [1.54, 1.807) is 13.2 Å². The number of nitrogens with one attached hydrogen (secondary N) is 1. The number of nitrogens with zero attached hydrogens (tertiary/aromatic N) is 4. The number of nitrogen functional groups attached to an aromatic ring is 1. The van der Waals surface area contributed by atoms with Crippen molar-refractivity contribution in [1.29, 1.82) is 0 Å². The van der Waals surface area contributed by atoms with Crippen LogP contribution in [0.1, 0.15) is 51.1 Å². The molecule has 10 heteroatoms. The van der Waals surface area contributed by atoms with Crippen molar-refractivity contribution >= 4 is 11.5 Å². The lowest BCUT2D eigenvalue weighted by molar-refractivity contribution is 0.145. The van der Waals surface area contributed by atoms with E-state index in [1.165, 1.54) is 10.7 Å². The van der Waals surface area contributed by atoms with Gasteiger partial charge in [-0.05, 0) is 44.2 Å². The van der Waals surface area contributed by atoms with Crippen LogP contribution in [-0.4, -0.2) is 46.0 Å². The van der Waals surface area contributed by atoms with Gasteiger partial charge in [-0.2, -0.15) is 5.10 Å². The lowest BCUT2D eigenvalue weighted by Crippen LogP contribution is -2.31. The molecule has 0 spiro atoms. The highest BCUT2D eigenvalue weighted by Crippen LogP contribution is 2.51. The molecular weight excluding hydrogens is 433 g/mol. The predicted octanol–water partition coefficient (Wildman–Crippen LogP) is 4.27. The largest absolute Gasteiger partial charge is 0.495 e. The molecule has 1 saturated heterocycles. The van der Waals surface area contributed by atoms with Crippen molar-refractivity contribution in [3.05, 3.63) is 35.7 Å². The van der Waals surface area contributed by atoms with Gasteiger partial charge in [0.1, 0.15) is 29.0 Å². The van der Waals surface area contributed by atoms with Crippen LogP contribution in [0.2, 0.25) is 0 Å². The number of anilines is 1. The minimum atomic E-state index is -0.896. The number of nitrogens with two attached hydrogens (primary N) is 1. The number of alkyl halides is 1. The topological polar surface area (TPSA) is 90.4 Å². The first-order chi connectivity index (χ1) is 15.7. The van der Waals surface area contributed by atoms with Gasteiger partial charge in [-0.3, -0.25) is 0 Å². The number of piperidine rings is 1. The Hall–Kier alpha value is -2.88. The molecule has 0 aromatic carbocycles. The summed E-state index contributed by atoms with van der Waals surface area (Å²) in [5.74, 6) is -1.17. The first-order valence-corrected chi connectivity index (χ1v) is 11.1. The van der Waals surface area contributed by atoms with Gasteiger partial charge in [-0.15, -0.1) is 0 Å². The molecule has 1 aliphatic heterocycles. The van der Waals surface area contributed by atoms with Crippen LogP contribution >= 0.6 is 0 Å². The maximum atomic E-state index is 14.3. The number of halogens is 3. The Kier molecular flexibility index (Phi) is 6.47. The second-order valence-corrected chi connectivity index (χ2v) is 9.39. The van der Waals surface area contributed by atoms with Crippen LogP contribution in [0, 0.1) is 17.0 Å². The van der Waals surface area contributed by atoms with Gasteiger partial charge in [0.2, 0.25) is 0 Å². The smallest absolute Gasteiger partial charge is 0.168 e. The molecule has 0 unspecified atom stereocenters. The van der Waals surface area contributed by atoms with Crippen LogP contribution in [-0.2, 0) is 0 Å². The van der Waals surface area contributed by atoms with Gasteiger partial charge in [-0.25, -0.2) is 27.7 Å². The molecule has 2 aliphatic rings. The number of pyridine rings is 1. The van der Waals surface area contributed by atoms with E-state index in [0.29, 0.717) is 29.9 Å². The van der Waals surface area contributed by atoms with E-state index in [-0.39, 0.29) is 22.8 Å². The van der Waals surface area contributed by atoms with Crippen molar-refractivity contribution in [3.8, 4) is 17.1 Å². The molecule has 33 heavy (non-hydrogen) atoms. The summed E-state index contributed by atoms with van der Waals surface area (Å²) in [6, 6.07) is 2.48. The number of aromatic nitrogens is 4. The highest BCUT2D eigenvalue weighted by Gasteiger charge is 2.39. The number of methoxy groups -OCH3 is 1. The zero-order chi connectivity index (χ0) is 23.8. The summed E-state index contributed by atoms with van der Waals surface area (Å²) in [7, 11) is 1.59. The van der Waals surface area contributed by atoms with Crippen molar-refractivity contribution in [3.63, 3.8) is 0 Å². The van der Waals surface area contributed by atoms with Crippen LogP contribution in [0.3, 0.4) is 0 Å². The Morgan fingerprint density at radius 1 is 1.15 bits per heavy atom. The Morgan fingerprint density at radius 2 is 1.85 bits per heavy atom. The fraction of sp³-hybridized carbons (Fsp3) is 0.522. The molecule has 0 bridgehead atoms. The monoisotopic (exact) mass is 462 g/mol. The summed E-state index contributed by atoms with van der Waals surface area (Å²) in [6.07, 6.45) is 4.31. The first-order valence-electron chi connectivity index (χ1n) is 11.1. The Bertz CT molecular complexity index is 1130. The van der Waals surface area contributed by atoms with Gasteiger partial charge in [-0.1, -0.05) is 13.8 Å². The molecule has 0 amide bonds. The maximum Gasteiger partial charge on any atom is 0.168 e. The molecule has 3 aromatic rings. The summed E-state index contributed by atoms with van der Waals surface area (Å²) < 4.78 is 46.8. The van der Waals surface area contributed by atoms with Crippen molar-refractivity contribution in [1.82, 2.24) is 24.9 Å². The fourth-order valence-electron chi connectivity index (χ4n) is 4.43. The zero-order valence-electron chi connectivity index (χ0n) is 19.0. The number of fused-ring (bicyclic) bond motifs is 1. The first kappa shape index (κ1) is 23.3. The summed E-state index contributed by atoms with van der Waals surface area (Å²) >= 11 is 0. The lowest BCUT2D eigenvalue weighted by atomic mass is 9.63. The molecule has 0 atom stereocenters. The highest BCUT2D eigenvalue weighted by atomic mass is 19.1. The maximum absolute atomic E-state index is 14.3. The third-order valence-corrected chi connectivity index (χ3v) is 6.16. The molecule has 1 aliphatic carbocycles. The van der Waals surface area contributed by atoms with Crippen LogP contribution in [0.25, 0.3) is 17.0 Å². The van der Waals surface area contributed by atoms with E-state index in [9.17, 15) is 13.2 Å². The Labute approximate surface area is 190 Å². The van der Waals surface area contributed by atoms with E-state index < -0.39 is 17.8 Å². The molecule has 2 fully saturated rings. The predicted molar refractivity (Wildman–Crippen MR) is 120 cm³/mol. The van der Waals surface area contributed by atoms with Gasteiger partial charge in [0.05, 0.1) is 13.3 Å². The second kappa shape index (κ2) is 9.17. The number of hydrogen-bond donors (Lipinski definition) is 2. The number of imidazole rings is 1. The van der Waals surface area contributed by atoms with E-state index in [2.05, 4.69) is 34.2 Å². The van der Waals surface area contributed by atoms with Crippen LogP contribution < -0.4 is 15.8 Å². The van der Waals surface area contributed by atoms with Gasteiger partial charge in [0, 0.05) is 18.1 Å². The van der Waals surface area contributed by atoms with Gasteiger partial charge in [0.25, 0.3) is 0 Å². The average molecular weight is 463 g/mol. The average Bonchev–Trinajstić information content (AvgIpc) is 3.17. The quantitative estimate of drug-likeness (QED) is 0.604. The van der Waals surface area contributed by atoms with Gasteiger partial charge >= 0.3 is 0 Å². The normalized spacial score (nSPS) is 18.5. The molecular formula is C23H29F3N6O. The molecule has 178 valence electrons. The van der Waals surface area contributed by atoms with Gasteiger partial charge in [0.15, 0.2) is 23.1 Å². The molecule has 0 radical (unpaired) electrons. The van der Waals surface area contributed by atoms with Crippen molar-refractivity contribution in [2.75, 3.05) is 25.9 Å². The van der Waals surface area contributed by atoms with Crippen molar-refractivity contribution < 1.29 is 17.9 Å². The number of hydrogen-bond acceptors (Lipinski definition) is 6. The molecule has 4 heterocycles. The van der Waals surface area contributed by atoms with Crippen molar-refractivity contribution in [2.45, 2.75) is 51.6 Å². The molecule has 3 aromatic heterocycles. The Balaban J connectivity index is 0.000000318. The van der Waals surface area contributed by atoms with E-state index in [1.807, 2.05) is 0 Å². The van der Waals surface area contributed by atoms with E-state index >= 15 is 0 Å². The van der Waals surface area contributed by atoms with Gasteiger partial charge < -0.3 is 15.8 Å². The summed E-state index contributed by atoms with van der Waals surface area (Å²) in [5.41, 5.74) is 7.28. The van der Waals surface area contributed by atoms with E-state index in [0.717, 1.165) is 37.7 Å². The molecule has 5 rings (SSSR count). The Morgan fingerprint density at radius 3 is 2.42 bits per heavy atom. The van der Waals surface area contributed by atoms with Crippen LogP contribution in [0.5, 0.6) is 5.75 Å². The van der Waals surface area contributed by atoms with Crippen LogP contribution in [0.4, 0.5) is 19.0 Å². The SMILES string of the molecule is COc1cc2ncc(-c3nc(N)c(F)cc3F)n2nc1C1CC(C)(C)C1.FC1CCNCC1. The third kappa shape index (κ3) is 4.90. The second-order valence-electron chi connectivity index (χ2n) is 9.39. The molecule has 3 N–H and O–H groups in total. The summed E-state index contributed by atoms with van der Waals surface area (Å²) in [5, 5.41) is 7.73. The minimum absolute atomic E-state index is 0.0889.